The van der Waals surface area contributed by atoms with Gasteiger partial charge in [-0.15, -0.1) is 0 Å². The van der Waals surface area contributed by atoms with Crippen molar-refractivity contribution in [2.24, 2.45) is 5.92 Å². The second-order valence-corrected chi connectivity index (χ2v) is 8.31. The number of amides is 2. The summed E-state index contributed by atoms with van der Waals surface area (Å²) in [6.07, 6.45) is 2.26. The number of carbonyl (C=O) groups is 2. The van der Waals surface area contributed by atoms with E-state index in [-0.39, 0.29) is 23.8 Å². The monoisotopic (exact) mass is 400 g/mol. The maximum absolute atomic E-state index is 12.5. The zero-order valence-corrected chi connectivity index (χ0v) is 18.0. The molecular weight excluding hydrogens is 364 g/mol. The molecular formula is C23H36N4O2. The molecule has 1 N–H and O–H groups in total. The van der Waals surface area contributed by atoms with Gasteiger partial charge < -0.3 is 10.2 Å². The van der Waals surface area contributed by atoms with Gasteiger partial charge in [-0.1, -0.05) is 44.2 Å². The normalized spacial score (nSPS) is 21.1. The van der Waals surface area contributed by atoms with Crippen molar-refractivity contribution in [3.63, 3.8) is 0 Å². The van der Waals surface area contributed by atoms with Gasteiger partial charge >= 0.3 is 0 Å². The number of likely N-dealkylation sites (tertiary alicyclic amines) is 1. The lowest BCUT2D eigenvalue weighted by Crippen LogP contribution is -2.48. The molecule has 2 aliphatic heterocycles. The number of carbonyl (C=O) groups excluding carboxylic acids is 2. The topological polar surface area (TPSA) is 55.9 Å². The second-order valence-electron chi connectivity index (χ2n) is 8.31. The molecule has 0 aliphatic carbocycles. The number of hydrogen-bond donors (Lipinski definition) is 1. The van der Waals surface area contributed by atoms with Gasteiger partial charge in [0.15, 0.2) is 0 Å². The van der Waals surface area contributed by atoms with E-state index in [0.29, 0.717) is 19.5 Å². The summed E-state index contributed by atoms with van der Waals surface area (Å²) in [5, 5.41) is 3.07. The van der Waals surface area contributed by atoms with E-state index < -0.39 is 0 Å². The minimum Gasteiger partial charge on any atom is -0.355 e. The van der Waals surface area contributed by atoms with E-state index in [4.69, 9.17) is 0 Å². The molecule has 2 amide bonds. The summed E-state index contributed by atoms with van der Waals surface area (Å²) in [7, 11) is 0. The quantitative estimate of drug-likeness (QED) is 0.689. The first-order chi connectivity index (χ1) is 14.1. The average Bonchev–Trinajstić information content (AvgIpc) is 3.13. The molecule has 1 atom stereocenters. The molecule has 3 rings (SSSR count). The highest BCUT2D eigenvalue weighted by molar-refractivity contribution is 5.89. The second kappa shape index (κ2) is 10.7. The zero-order valence-electron chi connectivity index (χ0n) is 18.0. The van der Waals surface area contributed by atoms with Gasteiger partial charge in [-0.25, -0.2) is 0 Å². The number of hydrogen-bond acceptors (Lipinski definition) is 4. The van der Waals surface area contributed by atoms with Crippen molar-refractivity contribution in [1.29, 1.82) is 0 Å². The van der Waals surface area contributed by atoms with Crippen LogP contribution in [0.5, 0.6) is 0 Å². The van der Waals surface area contributed by atoms with Gasteiger partial charge in [-0.3, -0.25) is 19.4 Å². The summed E-state index contributed by atoms with van der Waals surface area (Å²) in [5.74, 6) is -0.0197. The van der Waals surface area contributed by atoms with Crippen LogP contribution in [0.15, 0.2) is 30.3 Å². The molecule has 160 valence electrons. The van der Waals surface area contributed by atoms with E-state index in [2.05, 4.69) is 59.3 Å². The largest absolute Gasteiger partial charge is 0.355 e. The van der Waals surface area contributed by atoms with E-state index in [1.54, 1.807) is 0 Å². The third-order valence-corrected chi connectivity index (χ3v) is 6.35. The smallest absolute Gasteiger partial charge is 0.225 e. The van der Waals surface area contributed by atoms with Gasteiger partial charge in [-0.2, -0.15) is 0 Å². The van der Waals surface area contributed by atoms with Crippen LogP contribution in [0.4, 0.5) is 0 Å². The number of rotatable bonds is 9. The van der Waals surface area contributed by atoms with E-state index in [0.717, 1.165) is 52.1 Å². The minimum atomic E-state index is -0.189. The van der Waals surface area contributed by atoms with Crippen LogP contribution < -0.4 is 5.32 Å². The Bertz CT molecular complexity index is 654. The molecule has 0 radical (unpaired) electrons. The number of benzene rings is 1. The van der Waals surface area contributed by atoms with Crippen molar-refractivity contribution >= 4 is 11.8 Å². The zero-order chi connectivity index (χ0) is 20.6. The molecule has 0 bridgehead atoms. The molecule has 2 aliphatic rings. The Balaban J connectivity index is 1.33. The standard InChI is InChI=1S/C23H36N4O2/c1-3-21(4-2)27-18-20(16-22(27)28)23(29)24-10-11-25-12-14-26(15-13-25)17-19-8-6-5-7-9-19/h5-9,20-21H,3-4,10-18H2,1-2H3,(H,24,29). The number of nitrogens with zero attached hydrogens (tertiary/aromatic N) is 3. The average molecular weight is 401 g/mol. The molecule has 6 heteroatoms. The molecule has 2 saturated heterocycles. The van der Waals surface area contributed by atoms with E-state index in [9.17, 15) is 9.59 Å². The van der Waals surface area contributed by atoms with Crippen LogP contribution in [-0.4, -0.2) is 78.4 Å². The lowest BCUT2D eigenvalue weighted by Gasteiger charge is -2.34. The Labute approximate surface area is 175 Å². The van der Waals surface area contributed by atoms with Crippen LogP contribution in [-0.2, 0) is 16.1 Å². The molecule has 1 unspecified atom stereocenters. The van der Waals surface area contributed by atoms with E-state index in [1.165, 1.54) is 5.56 Å². The lowest BCUT2D eigenvalue weighted by atomic mass is 10.1. The molecule has 1 aromatic carbocycles. The highest BCUT2D eigenvalue weighted by atomic mass is 16.2. The fraction of sp³-hybridized carbons (Fsp3) is 0.652. The minimum absolute atomic E-state index is 0.0366. The molecule has 0 saturated carbocycles. The number of piperazine rings is 1. The van der Waals surface area contributed by atoms with Crippen LogP contribution in [0.25, 0.3) is 0 Å². The van der Waals surface area contributed by atoms with Gasteiger partial charge in [0.25, 0.3) is 0 Å². The van der Waals surface area contributed by atoms with Crippen LogP contribution in [0, 0.1) is 5.92 Å². The third kappa shape index (κ3) is 6.03. The van der Waals surface area contributed by atoms with E-state index >= 15 is 0 Å². The lowest BCUT2D eigenvalue weighted by molar-refractivity contribution is -0.130. The Morgan fingerprint density at radius 2 is 1.72 bits per heavy atom. The van der Waals surface area contributed by atoms with Crippen LogP contribution in [0.3, 0.4) is 0 Å². The summed E-state index contributed by atoms with van der Waals surface area (Å²) in [5.41, 5.74) is 1.36. The maximum Gasteiger partial charge on any atom is 0.225 e. The van der Waals surface area contributed by atoms with Gasteiger partial charge in [0.2, 0.25) is 11.8 Å². The Morgan fingerprint density at radius 1 is 1.07 bits per heavy atom. The Kier molecular flexibility index (Phi) is 8.07. The summed E-state index contributed by atoms with van der Waals surface area (Å²) in [6.45, 7) is 11.5. The van der Waals surface area contributed by atoms with Gasteiger partial charge in [-0.05, 0) is 18.4 Å². The molecule has 0 aromatic heterocycles. The first kappa shape index (κ1) is 21.8. The first-order valence-corrected chi connectivity index (χ1v) is 11.2. The van der Waals surface area contributed by atoms with Crippen molar-refractivity contribution < 1.29 is 9.59 Å². The number of nitrogens with one attached hydrogen (secondary N) is 1. The Morgan fingerprint density at radius 3 is 2.38 bits per heavy atom. The van der Waals surface area contributed by atoms with Crippen molar-refractivity contribution in [3.05, 3.63) is 35.9 Å². The summed E-state index contributed by atoms with van der Waals surface area (Å²) >= 11 is 0. The molecule has 29 heavy (non-hydrogen) atoms. The molecule has 2 heterocycles. The summed E-state index contributed by atoms with van der Waals surface area (Å²) in [6, 6.07) is 10.9. The summed E-state index contributed by atoms with van der Waals surface area (Å²) in [4.78, 5) is 31.6. The van der Waals surface area contributed by atoms with Gasteiger partial charge in [0.1, 0.15) is 0 Å². The summed E-state index contributed by atoms with van der Waals surface area (Å²) < 4.78 is 0. The van der Waals surface area contributed by atoms with Gasteiger partial charge in [0, 0.05) is 64.8 Å². The van der Waals surface area contributed by atoms with Crippen molar-refractivity contribution in [2.45, 2.75) is 45.7 Å². The van der Waals surface area contributed by atoms with Crippen LogP contribution >= 0.6 is 0 Å². The van der Waals surface area contributed by atoms with Gasteiger partial charge in [0.05, 0.1) is 5.92 Å². The van der Waals surface area contributed by atoms with Crippen LogP contribution in [0.2, 0.25) is 0 Å². The van der Waals surface area contributed by atoms with Crippen LogP contribution in [0.1, 0.15) is 38.7 Å². The molecule has 0 spiro atoms. The predicted molar refractivity (Wildman–Crippen MR) is 115 cm³/mol. The Hall–Kier alpha value is -1.92. The predicted octanol–water partition coefficient (Wildman–Crippen LogP) is 1.96. The van der Waals surface area contributed by atoms with Crippen molar-refractivity contribution in [3.8, 4) is 0 Å². The van der Waals surface area contributed by atoms with Crippen molar-refractivity contribution in [2.75, 3.05) is 45.8 Å². The highest BCUT2D eigenvalue weighted by Gasteiger charge is 2.36. The highest BCUT2D eigenvalue weighted by Crippen LogP contribution is 2.23. The molecule has 2 fully saturated rings. The fourth-order valence-electron chi connectivity index (χ4n) is 4.48. The third-order valence-electron chi connectivity index (χ3n) is 6.35. The SMILES string of the molecule is CCC(CC)N1CC(C(=O)NCCN2CCN(Cc3ccccc3)CC2)CC1=O. The molecule has 6 nitrogen and oxygen atoms in total. The first-order valence-electron chi connectivity index (χ1n) is 11.2. The maximum atomic E-state index is 12.5. The molecule has 1 aromatic rings. The van der Waals surface area contributed by atoms with Crippen molar-refractivity contribution in [1.82, 2.24) is 20.0 Å². The fourth-order valence-corrected chi connectivity index (χ4v) is 4.48. The van der Waals surface area contributed by atoms with E-state index in [1.807, 2.05) is 4.90 Å².